The van der Waals surface area contributed by atoms with Crippen molar-refractivity contribution in [3.63, 3.8) is 0 Å². The maximum atomic E-state index is 8.88. The van der Waals surface area contributed by atoms with Crippen LogP contribution in [0.15, 0.2) is 87.5 Å². The molecule has 3 rings (SSSR count). The van der Waals surface area contributed by atoms with Crippen LogP contribution in [0.4, 0.5) is 0 Å². The third-order valence-electron chi connectivity index (χ3n) is 3.94. The van der Waals surface area contributed by atoms with E-state index < -0.39 is 25.4 Å². The van der Waals surface area contributed by atoms with Gasteiger partial charge in [0.05, 0.1) is 0 Å². The molecule has 0 unspecified atom stereocenters. The van der Waals surface area contributed by atoms with E-state index in [1.807, 2.05) is 0 Å². The van der Waals surface area contributed by atoms with Crippen LogP contribution < -0.4 is 3.76 Å². The second kappa shape index (κ2) is 13.0. The average Bonchev–Trinajstić information content (AvgIpc) is 2.64. The third-order valence-corrected chi connectivity index (χ3v) is 6.63. The van der Waals surface area contributed by atoms with Gasteiger partial charge in [0.2, 0.25) is 0 Å². The molecule has 3 aromatic rings. The zero-order valence-electron chi connectivity index (χ0n) is 17.2. The van der Waals surface area contributed by atoms with Crippen molar-refractivity contribution in [2.75, 3.05) is 0 Å². The number of hydrogen-bond acceptors (Lipinski definition) is 4. The zero-order chi connectivity index (χ0) is 23.6. The Morgan fingerprint density at radius 1 is 0.677 bits per heavy atom. The maximum absolute atomic E-state index is 8.88. The number of phosphoric acid groups is 1. The van der Waals surface area contributed by atoms with Gasteiger partial charge in [-0.3, -0.25) is 0 Å². The topological polar surface area (TPSA) is 135 Å². The Morgan fingerprint density at radius 3 is 1.06 bits per heavy atom. The average molecular weight is 635 g/mol. The first-order valence-corrected chi connectivity index (χ1v) is 15.3. The molecular weight excluding hydrogens is 611 g/mol. The molecule has 0 saturated carbocycles. The summed E-state index contributed by atoms with van der Waals surface area (Å²) in [6.07, 6.45) is 0. The fraction of sp³-hybridized carbons (Fsp3) is 0.143. The van der Waals surface area contributed by atoms with E-state index in [2.05, 4.69) is 93.6 Å². The Balaban J connectivity index is 0.000000454. The van der Waals surface area contributed by atoms with Crippen molar-refractivity contribution < 1.29 is 47.4 Å². The normalized spacial score (nSPS) is 10.5. The van der Waals surface area contributed by atoms with Crippen LogP contribution >= 0.6 is 7.82 Å². The van der Waals surface area contributed by atoms with Crippen LogP contribution in [0, 0.1) is 20.8 Å². The molecule has 7 nitrogen and oxygen atoms in total. The summed E-state index contributed by atoms with van der Waals surface area (Å²) in [5.41, 5.74) is 4.08. The first-order valence-electron chi connectivity index (χ1n) is 8.88. The predicted molar refractivity (Wildman–Crippen MR) is 111 cm³/mol. The molecule has 0 saturated heterocycles. The molecule has 3 N–H and O–H groups in total. The van der Waals surface area contributed by atoms with E-state index in [1.54, 1.807) is 0 Å². The van der Waals surface area contributed by atoms with Crippen LogP contribution in [0.1, 0.15) is 16.7 Å². The van der Waals surface area contributed by atoms with E-state index in [0.717, 1.165) is 0 Å². The third kappa shape index (κ3) is 10.5. The first kappa shape index (κ1) is 27.4. The van der Waals surface area contributed by atoms with Crippen LogP contribution in [0.2, 0.25) is 0 Å². The quantitative estimate of drug-likeness (QED) is 0.297. The summed E-state index contributed by atoms with van der Waals surface area (Å²) >= 11 is -4.28. The summed E-state index contributed by atoms with van der Waals surface area (Å²) in [5.74, 6) is 0. The summed E-state index contributed by atoms with van der Waals surface area (Å²) < 4.78 is 34.7. The minimum absolute atomic E-state index is 0.0494. The number of hydrogen-bond donors (Lipinski definition) is 3. The van der Waals surface area contributed by atoms with Gasteiger partial charge in [0.1, 0.15) is 10.9 Å². The van der Waals surface area contributed by atoms with Gasteiger partial charge in [-0.05, 0) is 39.0 Å². The van der Waals surface area contributed by atoms with Crippen molar-refractivity contribution >= 4 is 18.7 Å². The van der Waals surface area contributed by atoms with Crippen molar-refractivity contribution in [2.24, 2.45) is 0 Å². The van der Waals surface area contributed by atoms with Crippen LogP contribution in [0.3, 0.4) is 0 Å². The SMILES string of the molecule is Cc1ccccc1[S+](c1ccccc1C)c1ccccc1C.O=P(O)(O)O.[O]=[W](=[O])[O-]. The molecule has 31 heavy (non-hydrogen) atoms. The van der Waals surface area contributed by atoms with Crippen LogP contribution in [0.5, 0.6) is 0 Å². The molecule has 3 aromatic carbocycles. The van der Waals surface area contributed by atoms with Gasteiger partial charge in [0, 0.05) is 16.7 Å². The molecule has 0 fully saturated rings. The van der Waals surface area contributed by atoms with Crippen molar-refractivity contribution in [2.45, 2.75) is 35.5 Å². The monoisotopic (exact) mass is 635 g/mol. The molecule has 0 radical (unpaired) electrons. The van der Waals surface area contributed by atoms with Crippen LogP contribution in [0.25, 0.3) is 0 Å². The van der Waals surface area contributed by atoms with Gasteiger partial charge in [-0.25, -0.2) is 4.57 Å². The summed E-state index contributed by atoms with van der Waals surface area (Å²) in [4.78, 5) is 25.8. The molecule has 167 valence electrons. The molecule has 0 bridgehead atoms. The Morgan fingerprint density at radius 2 is 0.871 bits per heavy atom. The number of aryl methyl sites for hydroxylation is 3. The standard InChI is InChI=1S/C21H21S.H3O4P.3O.W/c1-16-10-4-7-13-19(16)22(20-14-8-5-11-17(20)2)21-15-9-6-12-18(21)3;1-5(2,3)4;;;;/h4-15H,1-3H3;(H3,1,2,3,4);;;;/q+1;;;;-1;. The summed E-state index contributed by atoms with van der Waals surface area (Å²) in [6, 6.07) is 26.3. The van der Waals surface area contributed by atoms with Crippen molar-refractivity contribution in [1.82, 2.24) is 0 Å². The summed E-state index contributed by atoms with van der Waals surface area (Å²) in [5, 5.41) is 0. The summed E-state index contributed by atoms with van der Waals surface area (Å²) in [6.45, 7) is 6.64. The molecule has 0 aliphatic carbocycles. The van der Waals surface area contributed by atoms with Gasteiger partial charge in [0.25, 0.3) is 0 Å². The van der Waals surface area contributed by atoms with Gasteiger partial charge < -0.3 is 14.7 Å². The Hall–Kier alpha value is -1.63. The predicted octanol–water partition coefficient (Wildman–Crippen LogP) is 3.35. The van der Waals surface area contributed by atoms with E-state index in [-0.39, 0.29) is 10.9 Å². The molecule has 0 spiro atoms. The summed E-state index contributed by atoms with van der Waals surface area (Å²) in [7, 11) is -4.69. The van der Waals surface area contributed by atoms with E-state index in [0.29, 0.717) is 0 Å². The first-order chi connectivity index (χ1) is 14.4. The van der Waals surface area contributed by atoms with Crippen LogP contribution in [-0.4, -0.2) is 14.7 Å². The Bertz CT molecular complexity index is 988. The molecule has 0 heterocycles. The Labute approximate surface area is 190 Å². The minimum atomic E-state index is -4.64. The Kier molecular flexibility index (Phi) is 11.5. The molecule has 0 atom stereocenters. The van der Waals surface area contributed by atoms with E-state index in [9.17, 15) is 0 Å². The van der Waals surface area contributed by atoms with Crippen molar-refractivity contribution in [3.8, 4) is 0 Å². The molecule has 10 heteroatoms. The second-order valence-corrected chi connectivity index (χ2v) is 10.7. The van der Waals surface area contributed by atoms with Gasteiger partial charge >= 0.3 is 36.0 Å². The zero-order valence-corrected chi connectivity index (χ0v) is 21.8. The molecule has 0 amide bonds. The van der Waals surface area contributed by atoms with Gasteiger partial charge in [0.15, 0.2) is 14.7 Å². The fourth-order valence-electron chi connectivity index (χ4n) is 2.71. The van der Waals surface area contributed by atoms with Crippen LogP contribution in [-0.2, 0) is 39.9 Å². The van der Waals surface area contributed by atoms with Gasteiger partial charge in [-0.2, -0.15) is 0 Å². The second-order valence-electron chi connectivity index (χ2n) is 6.32. The van der Waals surface area contributed by atoms with E-state index in [1.165, 1.54) is 31.4 Å². The number of benzene rings is 3. The van der Waals surface area contributed by atoms with Crippen molar-refractivity contribution in [1.29, 1.82) is 0 Å². The molecule has 0 aliphatic rings. The van der Waals surface area contributed by atoms with Crippen molar-refractivity contribution in [3.05, 3.63) is 89.5 Å². The van der Waals surface area contributed by atoms with Gasteiger partial charge in [-0.1, -0.05) is 54.6 Å². The molecule has 0 aliphatic heterocycles. The molecule has 0 aromatic heterocycles. The fourth-order valence-corrected chi connectivity index (χ4v) is 5.24. The van der Waals surface area contributed by atoms with E-state index >= 15 is 0 Å². The molecular formula is C21H24O7PSW. The van der Waals surface area contributed by atoms with Gasteiger partial charge in [-0.15, -0.1) is 0 Å². The number of rotatable bonds is 3. The van der Waals surface area contributed by atoms with E-state index in [4.69, 9.17) is 29.8 Å².